The van der Waals surface area contributed by atoms with Gasteiger partial charge in [0.15, 0.2) is 0 Å². The number of aryl methyl sites for hydroxylation is 1. The van der Waals surface area contributed by atoms with Gasteiger partial charge in [0.25, 0.3) is 0 Å². The summed E-state index contributed by atoms with van der Waals surface area (Å²) in [6, 6.07) is 7.76. The van der Waals surface area contributed by atoms with Crippen molar-refractivity contribution in [2.24, 2.45) is 0 Å². The molecule has 0 radical (unpaired) electrons. The maximum Gasteiger partial charge on any atom is 0.246 e. The lowest BCUT2D eigenvalue weighted by molar-refractivity contribution is -0.126. The van der Waals surface area contributed by atoms with Crippen LogP contribution in [0.25, 0.3) is 6.08 Å². The molecular weight excluding hydrogens is 230 g/mol. The van der Waals surface area contributed by atoms with Crippen LogP contribution in [0.2, 0.25) is 0 Å². The molecular formula is C14H19NO3. The van der Waals surface area contributed by atoms with E-state index in [1.807, 2.05) is 31.2 Å². The van der Waals surface area contributed by atoms with Gasteiger partial charge in [0.2, 0.25) is 5.91 Å². The maximum atomic E-state index is 11.8. The Kier molecular flexibility index (Phi) is 6.11. The largest absolute Gasteiger partial charge is 0.395 e. The number of aliphatic hydroxyl groups excluding tert-OH is 2. The monoisotopic (exact) mass is 249 g/mol. The minimum Gasteiger partial charge on any atom is -0.395 e. The Labute approximate surface area is 107 Å². The number of carbonyl (C=O) groups excluding carboxylic acids is 1. The van der Waals surface area contributed by atoms with Gasteiger partial charge in [-0.1, -0.05) is 24.3 Å². The number of hydrogen-bond acceptors (Lipinski definition) is 3. The summed E-state index contributed by atoms with van der Waals surface area (Å²) in [5.41, 5.74) is 2.08. The fourth-order valence-corrected chi connectivity index (χ4v) is 1.61. The zero-order valence-corrected chi connectivity index (χ0v) is 10.5. The van der Waals surface area contributed by atoms with Crippen LogP contribution < -0.4 is 0 Å². The lowest BCUT2D eigenvalue weighted by atomic mass is 10.1. The number of amides is 1. The van der Waals surface area contributed by atoms with Gasteiger partial charge in [0.05, 0.1) is 13.2 Å². The zero-order valence-electron chi connectivity index (χ0n) is 10.5. The molecule has 0 atom stereocenters. The van der Waals surface area contributed by atoms with E-state index >= 15 is 0 Å². The molecule has 98 valence electrons. The van der Waals surface area contributed by atoms with Gasteiger partial charge in [-0.05, 0) is 24.1 Å². The van der Waals surface area contributed by atoms with E-state index in [1.54, 1.807) is 6.08 Å². The van der Waals surface area contributed by atoms with Crippen LogP contribution >= 0.6 is 0 Å². The predicted octanol–water partition coefficient (Wildman–Crippen LogP) is 0.821. The third-order valence-corrected chi connectivity index (χ3v) is 2.65. The lowest BCUT2D eigenvalue weighted by Gasteiger charge is -2.18. The highest BCUT2D eigenvalue weighted by molar-refractivity contribution is 5.92. The average Bonchev–Trinajstić information content (AvgIpc) is 2.37. The Hall–Kier alpha value is -1.65. The van der Waals surface area contributed by atoms with Crippen LogP contribution in [0.15, 0.2) is 30.3 Å². The molecule has 1 aromatic carbocycles. The summed E-state index contributed by atoms with van der Waals surface area (Å²) in [6.07, 6.45) is 3.22. The van der Waals surface area contributed by atoms with E-state index in [1.165, 1.54) is 11.0 Å². The second kappa shape index (κ2) is 7.63. The van der Waals surface area contributed by atoms with Crippen LogP contribution in [0.5, 0.6) is 0 Å². The van der Waals surface area contributed by atoms with Crippen LogP contribution in [0.1, 0.15) is 11.1 Å². The van der Waals surface area contributed by atoms with E-state index in [0.717, 1.165) is 11.1 Å². The topological polar surface area (TPSA) is 60.8 Å². The van der Waals surface area contributed by atoms with Gasteiger partial charge < -0.3 is 15.1 Å². The first kappa shape index (κ1) is 14.4. The molecule has 0 aliphatic rings. The Balaban J connectivity index is 2.70. The highest BCUT2D eigenvalue weighted by Crippen LogP contribution is 2.09. The molecule has 2 N–H and O–H groups in total. The molecule has 0 aliphatic carbocycles. The van der Waals surface area contributed by atoms with Crippen LogP contribution in [0.4, 0.5) is 0 Å². The number of benzene rings is 1. The van der Waals surface area contributed by atoms with Crippen LogP contribution in [-0.4, -0.2) is 47.3 Å². The second-order valence-corrected chi connectivity index (χ2v) is 3.96. The molecule has 1 amide bonds. The number of hydrogen-bond donors (Lipinski definition) is 2. The third-order valence-electron chi connectivity index (χ3n) is 2.65. The Morgan fingerprint density at radius 3 is 2.39 bits per heavy atom. The molecule has 0 bridgehead atoms. The predicted molar refractivity (Wildman–Crippen MR) is 71.0 cm³/mol. The van der Waals surface area contributed by atoms with Crippen molar-refractivity contribution in [2.45, 2.75) is 6.92 Å². The molecule has 0 aliphatic heterocycles. The summed E-state index contributed by atoms with van der Waals surface area (Å²) in [5, 5.41) is 17.7. The van der Waals surface area contributed by atoms with Gasteiger partial charge in [-0.15, -0.1) is 0 Å². The summed E-state index contributed by atoms with van der Waals surface area (Å²) in [4.78, 5) is 13.2. The number of carbonyl (C=O) groups is 1. The van der Waals surface area contributed by atoms with Crippen molar-refractivity contribution in [3.8, 4) is 0 Å². The molecule has 18 heavy (non-hydrogen) atoms. The molecule has 0 saturated heterocycles. The minimum absolute atomic E-state index is 0.107. The molecule has 0 spiro atoms. The summed E-state index contributed by atoms with van der Waals surface area (Å²) < 4.78 is 0. The molecule has 0 unspecified atom stereocenters. The van der Waals surface area contributed by atoms with Gasteiger partial charge in [-0.3, -0.25) is 4.79 Å². The lowest BCUT2D eigenvalue weighted by Crippen LogP contribution is -2.34. The number of rotatable bonds is 6. The maximum absolute atomic E-state index is 11.8. The average molecular weight is 249 g/mol. The Morgan fingerprint density at radius 1 is 1.22 bits per heavy atom. The highest BCUT2D eigenvalue weighted by atomic mass is 16.3. The number of aliphatic hydroxyl groups is 2. The Bertz CT molecular complexity index is 409. The first-order valence-electron chi connectivity index (χ1n) is 5.93. The van der Waals surface area contributed by atoms with Crippen LogP contribution in [0, 0.1) is 6.92 Å². The van der Waals surface area contributed by atoms with Crippen molar-refractivity contribution < 1.29 is 15.0 Å². The fourth-order valence-electron chi connectivity index (χ4n) is 1.61. The van der Waals surface area contributed by atoms with Crippen molar-refractivity contribution in [3.05, 3.63) is 41.5 Å². The van der Waals surface area contributed by atoms with Crippen molar-refractivity contribution >= 4 is 12.0 Å². The quantitative estimate of drug-likeness (QED) is 0.734. The van der Waals surface area contributed by atoms with Crippen LogP contribution in [0.3, 0.4) is 0 Å². The van der Waals surface area contributed by atoms with Crippen molar-refractivity contribution in [2.75, 3.05) is 26.3 Å². The van der Waals surface area contributed by atoms with Crippen molar-refractivity contribution in [1.29, 1.82) is 0 Å². The van der Waals surface area contributed by atoms with Gasteiger partial charge in [-0.2, -0.15) is 0 Å². The fraction of sp³-hybridized carbons (Fsp3) is 0.357. The zero-order chi connectivity index (χ0) is 13.4. The summed E-state index contributed by atoms with van der Waals surface area (Å²) in [6.45, 7) is 2.23. The van der Waals surface area contributed by atoms with E-state index in [0.29, 0.717) is 0 Å². The molecule has 0 fully saturated rings. The van der Waals surface area contributed by atoms with E-state index < -0.39 is 0 Å². The van der Waals surface area contributed by atoms with Gasteiger partial charge in [0, 0.05) is 19.2 Å². The smallest absolute Gasteiger partial charge is 0.246 e. The van der Waals surface area contributed by atoms with Crippen molar-refractivity contribution in [3.63, 3.8) is 0 Å². The highest BCUT2D eigenvalue weighted by Gasteiger charge is 2.08. The van der Waals surface area contributed by atoms with Gasteiger partial charge in [-0.25, -0.2) is 0 Å². The SMILES string of the molecule is Cc1ccccc1/C=C/C(=O)N(CCO)CCO. The van der Waals surface area contributed by atoms with Gasteiger partial charge in [0.1, 0.15) is 0 Å². The normalized spacial score (nSPS) is 10.8. The molecule has 0 saturated carbocycles. The Morgan fingerprint density at radius 2 is 1.83 bits per heavy atom. The van der Waals surface area contributed by atoms with E-state index in [2.05, 4.69) is 0 Å². The molecule has 4 nitrogen and oxygen atoms in total. The minimum atomic E-state index is -0.207. The van der Waals surface area contributed by atoms with E-state index in [4.69, 9.17) is 10.2 Å². The van der Waals surface area contributed by atoms with Crippen molar-refractivity contribution in [1.82, 2.24) is 4.90 Å². The van der Waals surface area contributed by atoms with Gasteiger partial charge >= 0.3 is 0 Å². The van der Waals surface area contributed by atoms with E-state index in [9.17, 15) is 4.79 Å². The summed E-state index contributed by atoms with van der Waals surface area (Å²) >= 11 is 0. The molecule has 1 rings (SSSR count). The summed E-state index contributed by atoms with van der Waals surface area (Å²) in [7, 11) is 0. The molecule has 4 heteroatoms. The molecule has 0 heterocycles. The first-order chi connectivity index (χ1) is 8.69. The molecule has 1 aromatic rings. The van der Waals surface area contributed by atoms with Crippen LogP contribution in [-0.2, 0) is 4.79 Å². The summed E-state index contributed by atoms with van der Waals surface area (Å²) in [5.74, 6) is -0.207. The van der Waals surface area contributed by atoms with E-state index in [-0.39, 0.29) is 32.2 Å². The molecule has 0 aromatic heterocycles. The second-order valence-electron chi connectivity index (χ2n) is 3.96. The standard InChI is InChI=1S/C14H19NO3/c1-12-4-2-3-5-13(12)6-7-14(18)15(8-10-16)9-11-17/h2-7,16-17H,8-11H2,1H3/b7-6+. The first-order valence-corrected chi connectivity index (χ1v) is 5.93. The third kappa shape index (κ3) is 4.31. The number of nitrogens with zero attached hydrogens (tertiary/aromatic N) is 1.